The zero-order valence-corrected chi connectivity index (χ0v) is 12.9. The molecule has 2 rings (SSSR count). The Morgan fingerprint density at radius 3 is 3.00 bits per heavy atom. The first-order valence-corrected chi connectivity index (χ1v) is 8.00. The number of carbonyl (C=O) groups excluding carboxylic acids is 1. The first-order valence-electron chi connectivity index (χ1n) is 7.12. The van der Waals surface area contributed by atoms with Crippen LogP contribution in [0.25, 0.3) is 0 Å². The molecule has 5 nitrogen and oxygen atoms in total. The van der Waals surface area contributed by atoms with E-state index in [0.29, 0.717) is 31.2 Å². The minimum absolute atomic E-state index is 0.178. The van der Waals surface area contributed by atoms with Crippen LogP contribution in [0.5, 0.6) is 0 Å². The molecule has 2 unspecified atom stereocenters. The second kappa shape index (κ2) is 6.54. The number of anilines is 1. The monoisotopic (exact) mass is 298 g/mol. The van der Waals surface area contributed by atoms with Crippen molar-refractivity contribution < 1.29 is 14.3 Å². The van der Waals surface area contributed by atoms with Gasteiger partial charge < -0.3 is 15.2 Å². The number of aromatic nitrogens is 1. The van der Waals surface area contributed by atoms with Crippen LogP contribution < -0.4 is 5.73 Å². The average molecular weight is 298 g/mol. The van der Waals surface area contributed by atoms with Crippen LogP contribution in [0.3, 0.4) is 0 Å². The highest BCUT2D eigenvalue weighted by Gasteiger charge is 2.50. The molecule has 0 saturated carbocycles. The Kier molecular flexibility index (Phi) is 4.99. The van der Waals surface area contributed by atoms with Crippen molar-refractivity contribution in [2.45, 2.75) is 51.0 Å². The number of hydrogen-bond acceptors (Lipinski definition) is 6. The fourth-order valence-electron chi connectivity index (χ4n) is 2.52. The normalized spacial score (nSPS) is 25.9. The Labute approximate surface area is 123 Å². The fourth-order valence-corrected chi connectivity index (χ4v) is 3.18. The van der Waals surface area contributed by atoms with Crippen molar-refractivity contribution in [3.05, 3.63) is 11.1 Å². The number of nitrogen functional groups attached to an aromatic ring is 1. The largest absolute Gasteiger partial charge is 0.459 e. The molecule has 112 valence electrons. The van der Waals surface area contributed by atoms with Gasteiger partial charge in [-0.2, -0.15) is 0 Å². The number of nitrogens with two attached hydrogens (primary N) is 1. The van der Waals surface area contributed by atoms with E-state index in [1.807, 2.05) is 12.3 Å². The number of carbonyl (C=O) groups is 1. The van der Waals surface area contributed by atoms with Gasteiger partial charge >= 0.3 is 5.97 Å². The van der Waals surface area contributed by atoms with Crippen LogP contribution in [0.2, 0.25) is 0 Å². The van der Waals surface area contributed by atoms with E-state index >= 15 is 0 Å². The quantitative estimate of drug-likeness (QED) is 0.618. The van der Waals surface area contributed by atoms with Crippen molar-refractivity contribution in [3.63, 3.8) is 0 Å². The Morgan fingerprint density at radius 1 is 1.60 bits per heavy atom. The van der Waals surface area contributed by atoms with Gasteiger partial charge in [0.15, 0.2) is 5.13 Å². The molecule has 0 bridgehead atoms. The van der Waals surface area contributed by atoms with Gasteiger partial charge in [0.25, 0.3) is 0 Å². The molecular weight excluding hydrogens is 276 g/mol. The summed E-state index contributed by atoms with van der Waals surface area (Å²) in [5.41, 5.74) is 5.78. The van der Waals surface area contributed by atoms with Crippen LogP contribution in [-0.4, -0.2) is 30.3 Å². The Balaban J connectivity index is 2.02. The zero-order chi connectivity index (χ0) is 14.6. The number of nitrogens with zero attached hydrogens (tertiary/aromatic N) is 1. The highest BCUT2D eigenvalue weighted by molar-refractivity contribution is 7.13. The predicted octanol–water partition coefficient (Wildman–Crippen LogP) is 2.51. The van der Waals surface area contributed by atoms with Crippen LogP contribution in [-0.2, 0) is 19.7 Å². The average Bonchev–Trinajstić information content (AvgIpc) is 2.99. The summed E-state index contributed by atoms with van der Waals surface area (Å²) < 4.78 is 11.0. The van der Waals surface area contributed by atoms with Gasteiger partial charge in [-0.1, -0.05) is 20.3 Å². The van der Waals surface area contributed by atoms with E-state index in [2.05, 4.69) is 11.9 Å². The van der Waals surface area contributed by atoms with Crippen molar-refractivity contribution in [2.75, 3.05) is 18.9 Å². The Morgan fingerprint density at radius 2 is 2.40 bits per heavy atom. The van der Waals surface area contributed by atoms with Crippen molar-refractivity contribution in [3.8, 4) is 0 Å². The Bertz CT molecular complexity index is 463. The maximum absolute atomic E-state index is 12.3. The summed E-state index contributed by atoms with van der Waals surface area (Å²) in [4.78, 5) is 16.6. The molecule has 2 N–H and O–H groups in total. The molecule has 0 radical (unpaired) electrons. The van der Waals surface area contributed by atoms with E-state index in [0.717, 1.165) is 18.5 Å². The highest BCUT2D eigenvalue weighted by atomic mass is 32.1. The zero-order valence-electron chi connectivity index (χ0n) is 12.1. The third kappa shape index (κ3) is 2.96. The molecule has 2 atom stereocenters. The predicted molar refractivity (Wildman–Crippen MR) is 78.7 cm³/mol. The lowest BCUT2D eigenvalue weighted by atomic mass is 9.79. The lowest BCUT2D eigenvalue weighted by Gasteiger charge is -2.20. The topological polar surface area (TPSA) is 74.4 Å². The molecule has 1 aromatic heterocycles. The number of esters is 1. The van der Waals surface area contributed by atoms with Crippen molar-refractivity contribution >= 4 is 22.4 Å². The first kappa shape index (κ1) is 15.3. The van der Waals surface area contributed by atoms with Gasteiger partial charge in [-0.05, 0) is 12.8 Å². The van der Waals surface area contributed by atoms with Gasteiger partial charge in [-0.3, -0.25) is 4.79 Å². The minimum atomic E-state index is -0.646. The van der Waals surface area contributed by atoms with E-state index < -0.39 is 5.41 Å². The first-order chi connectivity index (χ1) is 9.62. The molecule has 0 amide bonds. The number of unbranched alkanes of at least 4 members (excludes halogenated alkanes) is 1. The lowest BCUT2D eigenvalue weighted by Crippen LogP contribution is -2.31. The van der Waals surface area contributed by atoms with Gasteiger partial charge in [0.2, 0.25) is 0 Å². The smallest absolute Gasteiger partial charge is 0.318 e. The molecule has 20 heavy (non-hydrogen) atoms. The fraction of sp³-hybridized carbons (Fsp3) is 0.714. The lowest BCUT2D eigenvalue weighted by molar-refractivity contribution is -0.147. The van der Waals surface area contributed by atoms with Gasteiger partial charge in [-0.25, -0.2) is 4.98 Å². The highest BCUT2D eigenvalue weighted by Crippen LogP contribution is 2.41. The van der Waals surface area contributed by atoms with Crippen molar-refractivity contribution in [2.24, 2.45) is 0 Å². The molecule has 0 aromatic carbocycles. The third-order valence-corrected chi connectivity index (χ3v) is 4.48. The standard InChI is InChI=1S/C14H22N2O3S/c1-3-5-6-18-8-10-7-14(4-2,12(17)19-10)11-9-20-13(15)16-11/h9-10H,3-8H2,1-2H3,(H2,15,16). The number of cyclic esters (lactones) is 1. The van der Waals surface area contributed by atoms with Crippen LogP contribution in [0.15, 0.2) is 5.38 Å². The molecule has 1 aliphatic rings. The molecule has 6 heteroatoms. The van der Waals surface area contributed by atoms with Gasteiger partial charge in [0.05, 0.1) is 12.3 Å². The van der Waals surface area contributed by atoms with Gasteiger partial charge in [-0.15, -0.1) is 11.3 Å². The van der Waals surface area contributed by atoms with E-state index in [4.69, 9.17) is 15.2 Å². The summed E-state index contributed by atoms with van der Waals surface area (Å²) >= 11 is 1.36. The summed E-state index contributed by atoms with van der Waals surface area (Å²) in [5, 5.41) is 2.35. The molecule has 1 aromatic rings. The van der Waals surface area contributed by atoms with Crippen molar-refractivity contribution in [1.29, 1.82) is 0 Å². The molecule has 1 saturated heterocycles. The van der Waals surface area contributed by atoms with E-state index in [1.54, 1.807) is 0 Å². The van der Waals surface area contributed by atoms with Gasteiger partial charge in [0, 0.05) is 18.4 Å². The molecule has 1 fully saturated rings. The summed E-state index contributed by atoms with van der Waals surface area (Å²) in [5.74, 6) is -0.200. The van der Waals surface area contributed by atoms with E-state index in [1.165, 1.54) is 11.3 Å². The summed E-state index contributed by atoms with van der Waals surface area (Å²) in [6.45, 7) is 5.28. The molecule has 0 spiro atoms. The summed E-state index contributed by atoms with van der Waals surface area (Å²) in [7, 11) is 0. The van der Waals surface area contributed by atoms with Gasteiger partial charge in [0.1, 0.15) is 11.5 Å². The second-order valence-corrected chi connectivity index (χ2v) is 6.06. The number of ether oxygens (including phenoxy) is 2. The van der Waals surface area contributed by atoms with Crippen molar-refractivity contribution in [1.82, 2.24) is 4.98 Å². The summed E-state index contributed by atoms with van der Waals surface area (Å²) in [6.07, 6.45) is 3.24. The maximum Gasteiger partial charge on any atom is 0.318 e. The SMILES string of the molecule is CCCCOCC1CC(CC)(c2csc(N)n2)C(=O)O1. The third-order valence-electron chi connectivity index (χ3n) is 3.80. The number of rotatable bonds is 7. The number of hydrogen-bond donors (Lipinski definition) is 1. The minimum Gasteiger partial charge on any atom is -0.459 e. The van der Waals surface area contributed by atoms with Crippen LogP contribution in [0.1, 0.15) is 45.2 Å². The van der Waals surface area contributed by atoms with E-state index in [-0.39, 0.29) is 12.1 Å². The number of thiazole rings is 1. The maximum atomic E-state index is 12.3. The summed E-state index contributed by atoms with van der Waals surface area (Å²) in [6, 6.07) is 0. The van der Waals surface area contributed by atoms with Crippen LogP contribution >= 0.6 is 11.3 Å². The molecular formula is C14H22N2O3S. The molecule has 0 aliphatic carbocycles. The van der Waals surface area contributed by atoms with Crippen LogP contribution in [0.4, 0.5) is 5.13 Å². The van der Waals surface area contributed by atoms with Crippen LogP contribution in [0, 0.1) is 0 Å². The Hall–Kier alpha value is -1.14. The second-order valence-electron chi connectivity index (χ2n) is 5.17. The molecule has 2 heterocycles. The van der Waals surface area contributed by atoms with E-state index in [9.17, 15) is 4.79 Å². The molecule has 1 aliphatic heterocycles.